The zero-order valence-corrected chi connectivity index (χ0v) is 17.4. The summed E-state index contributed by atoms with van der Waals surface area (Å²) in [5.74, 6) is 3.89. The Labute approximate surface area is 166 Å². The van der Waals surface area contributed by atoms with Crippen LogP contribution < -0.4 is 20.1 Å². The van der Waals surface area contributed by atoms with Crippen molar-refractivity contribution in [2.45, 2.75) is 46.1 Å². The molecule has 0 bridgehead atoms. The Kier molecular flexibility index (Phi) is 8.58. The van der Waals surface area contributed by atoms with Gasteiger partial charge in [-0.3, -0.25) is 0 Å². The lowest BCUT2D eigenvalue weighted by Gasteiger charge is -2.12. The number of hydrogen-bond donors (Lipinski definition) is 2. The number of hydrogen-bond acceptors (Lipinski definition) is 6. The van der Waals surface area contributed by atoms with Crippen LogP contribution in [0.4, 0.5) is 0 Å². The first kappa shape index (κ1) is 21.5. The molecule has 1 aromatic heterocycles. The summed E-state index contributed by atoms with van der Waals surface area (Å²) >= 11 is 0. The summed E-state index contributed by atoms with van der Waals surface area (Å²) in [4.78, 5) is 9.03. The molecule has 0 radical (unpaired) electrons. The Balaban J connectivity index is 1.86. The quantitative estimate of drug-likeness (QED) is 0.366. The van der Waals surface area contributed by atoms with Crippen molar-refractivity contribution in [2.24, 2.45) is 4.99 Å². The fourth-order valence-corrected chi connectivity index (χ4v) is 2.54. The first-order chi connectivity index (χ1) is 13.6. The van der Waals surface area contributed by atoms with Crippen molar-refractivity contribution < 1.29 is 14.0 Å². The predicted octanol–water partition coefficient (Wildman–Crippen LogP) is 2.90. The van der Waals surface area contributed by atoms with Gasteiger partial charge in [-0.1, -0.05) is 25.1 Å². The summed E-state index contributed by atoms with van der Waals surface area (Å²) in [5.41, 5.74) is 1.04. The summed E-state index contributed by atoms with van der Waals surface area (Å²) in [7, 11) is 3.25. The highest BCUT2D eigenvalue weighted by Crippen LogP contribution is 2.27. The molecule has 1 heterocycles. The molecule has 0 amide bonds. The second-order valence-electron chi connectivity index (χ2n) is 6.62. The largest absolute Gasteiger partial charge is 0.493 e. The maximum atomic E-state index is 5.34. The molecule has 0 atom stereocenters. The van der Waals surface area contributed by atoms with Crippen LogP contribution >= 0.6 is 0 Å². The van der Waals surface area contributed by atoms with Crippen LogP contribution in [-0.4, -0.2) is 43.4 Å². The van der Waals surface area contributed by atoms with Crippen LogP contribution in [0.2, 0.25) is 0 Å². The summed E-state index contributed by atoms with van der Waals surface area (Å²) < 4.78 is 15.9. The van der Waals surface area contributed by atoms with E-state index in [0.717, 1.165) is 43.3 Å². The van der Waals surface area contributed by atoms with E-state index in [2.05, 4.69) is 25.8 Å². The van der Waals surface area contributed by atoms with Crippen molar-refractivity contribution in [1.29, 1.82) is 0 Å². The highest BCUT2D eigenvalue weighted by atomic mass is 16.5. The van der Waals surface area contributed by atoms with E-state index in [0.29, 0.717) is 23.9 Å². The molecule has 2 rings (SSSR count). The highest BCUT2D eigenvalue weighted by molar-refractivity contribution is 5.79. The summed E-state index contributed by atoms with van der Waals surface area (Å²) in [6, 6.07) is 5.81. The molecule has 0 unspecified atom stereocenters. The second kappa shape index (κ2) is 11.2. The van der Waals surface area contributed by atoms with Crippen LogP contribution in [0.15, 0.2) is 27.7 Å². The molecule has 0 saturated heterocycles. The zero-order valence-electron chi connectivity index (χ0n) is 17.4. The summed E-state index contributed by atoms with van der Waals surface area (Å²) in [5, 5.41) is 10.6. The predicted molar refractivity (Wildman–Crippen MR) is 109 cm³/mol. The average Bonchev–Trinajstić information content (AvgIpc) is 3.18. The van der Waals surface area contributed by atoms with Crippen molar-refractivity contribution in [3.63, 3.8) is 0 Å². The average molecular weight is 390 g/mol. The maximum absolute atomic E-state index is 5.34. The fraction of sp³-hybridized carbons (Fsp3) is 0.550. The smallest absolute Gasteiger partial charge is 0.226 e. The van der Waals surface area contributed by atoms with Crippen LogP contribution in [-0.2, 0) is 13.0 Å². The van der Waals surface area contributed by atoms with Gasteiger partial charge in [0.25, 0.3) is 0 Å². The lowest BCUT2D eigenvalue weighted by molar-refractivity contribution is 0.354. The number of benzene rings is 1. The van der Waals surface area contributed by atoms with Crippen molar-refractivity contribution in [2.75, 3.05) is 27.3 Å². The molecule has 0 aliphatic carbocycles. The van der Waals surface area contributed by atoms with Gasteiger partial charge in [0.1, 0.15) is 0 Å². The molecule has 154 valence electrons. The number of aliphatic imine (C=N–C) groups is 1. The van der Waals surface area contributed by atoms with Gasteiger partial charge < -0.3 is 24.6 Å². The topological polar surface area (TPSA) is 93.8 Å². The van der Waals surface area contributed by atoms with Crippen LogP contribution in [0.5, 0.6) is 11.5 Å². The lowest BCUT2D eigenvalue weighted by Crippen LogP contribution is -2.37. The molecule has 1 aromatic carbocycles. The van der Waals surface area contributed by atoms with Gasteiger partial charge in [0.2, 0.25) is 5.89 Å². The van der Waals surface area contributed by atoms with E-state index in [1.807, 2.05) is 39.0 Å². The first-order valence-corrected chi connectivity index (χ1v) is 9.62. The lowest BCUT2D eigenvalue weighted by atomic mass is 10.2. The van der Waals surface area contributed by atoms with Gasteiger partial charge >= 0.3 is 0 Å². The fourth-order valence-electron chi connectivity index (χ4n) is 2.54. The minimum absolute atomic E-state index is 0.277. The maximum Gasteiger partial charge on any atom is 0.226 e. The second-order valence-corrected chi connectivity index (χ2v) is 6.62. The van der Waals surface area contributed by atoms with Crippen molar-refractivity contribution in [1.82, 2.24) is 20.8 Å². The van der Waals surface area contributed by atoms with Gasteiger partial charge in [-0.2, -0.15) is 4.98 Å². The van der Waals surface area contributed by atoms with Gasteiger partial charge in [-0.05, 0) is 31.0 Å². The van der Waals surface area contributed by atoms with Gasteiger partial charge in [0.05, 0.1) is 20.8 Å². The Morgan fingerprint density at radius 1 is 1.18 bits per heavy atom. The van der Waals surface area contributed by atoms with E-state index in [4.69, 9.17) is 14.0 Å². The molecule has 2 N–H and O–H groups in total. The minimum atomic E-state index is 0.277. The highest BCUT2D eigenvalue weighted by Gasteiger charge is 2.09. The third-order valence-electron chi connectivity index (χ3n) is 4.07. The monoisotopic (exact) mass is 389 g/mol. The van der Waals surface area contributed by atoms with E-state index >= 15 is 0 Å². The molecule has 8 nitrogen and oxygen atoms in total. The van der Waals surface area contributed by atoms with Gasteiger partial charge in [0.15, 0.2) is 23.3 Å². The normalized spacial score (nSPS) is 11.6. The van der Waals surface area contributed by atoms with Crippen molar-refractivity contribution in [3.05, 3.63) is 35.5 Å². The van der Waals surface area contributed by atoms with Crippen LogP contribution in [0, 0.1) is 0 Å². The molecular formula is C20H31N5O3. The van der Waals surface area contributed by atoms with Gasteiger partial charge in [-0.15, -0.1) is 0 Å². The van der Waals surface area contributed by atoms with Crippen LogP contribution in [0.1, 0.15) is 50.4 Å². The molecule has 8 heteroatoms. The Morgan fingerprint density at radius 3 is 2.61 bits per heavy atom. The Morgan fingerprint density at radius 2 is 1.96 bits per heavy atom. The number of methoxy groups -OCH3 is 2. The van der Waals surface area contributed by atoms with E-state index in [-0.39, 0.29) is 5.92 Å². The standard InChI is InChI=1S/C20H31N5O3/c1-6-21-20(22-11-7-8-18-24-19(14(2)3)25-28-18)23-13-15-9-10-16(26-4)17(12-15)27-5/h9-10,12,14H,6-8,11,13H2,1-5H3,(H2,21,22,23). The number of rotatable bonds is 10. The van der Waals surface area contributed by atoms with E-state index < -0.39 is 0 Å². The van der Waals surface area contributed by atoms with E-state index in [9.17, 15) is 0 Å². The van der Waals surface area contributed by atoms with Crippen molar-refractivity contribution in [3.8, 4) is 11.5 Å². The number of guanidine groups is 1. The molecular weight excluding hydrogens is 358 g/mol. The molecule has 0 saturated carbocycles. The number of nitrogens with one attached hydrogen (secondary N) is 2. The van der Waals surface area contributed by atoms with Crippen LogP contribution in [0.25, 0.3) is 0 Å². The molecule has 0 fully saturated rings. The third-order valence-corrected chi connectivity index (χ3v) is 4.07. The molecule has 0 spiro atoms. The SMILES string of the molecule is CCNC(=NCc1ccc(OC)c(OC)c1)NCCCc1nc(C(C)C)no1. The minimum Gasteiger partial charge on any atom is -0.493 e. The van der Waals surface area contributed by atoms with Crippen LogP contribution in [0.3, 0.4) is 0 Å². The first-order valence-electron chi connectivity index (χ1n) is 9.62. The molecule has 0 aliphatic heterocycles. The van der Waals surface area contributed by atoms with E-state index in [1.165, 1.54) is 0 Å². The summed E-state index contributed by atoms with van der Waals surface area (Å²) in [6.45, 7) is 8.23. The molecule has 28 heavy (non-hydrogen) atoms. The van der Waals surface area contributed by atoms with Gasteiger partial charge in [-0.25, -0.2) is 4.99 Å². The number of ether oxygens (including phenoxy) is 2. The summed E-state index contributed by atoms with van der Waals surface area (Å²) in [6.07, 6.45) is 1.61. The molecule has 0 aliphatic rings. The Hall–Kier alpha value is -2.77. The zero-order chi connectivity index (χ0) is 20.4. The van der Waals surface area contributed by atoms with Crippen molar-refractivity contribution >= 4 is 5.96 Å². The number of aryl methyl sites for hydroxylation is 1. The third kappa shape index (κ3) is 6.44. The number of nitrogens with zero attached hydrogens (tertiary/aromatic N) is 3. The Bertz CT molecular complexity index is 758. The van der Waals surface area contributed by atoms with E-state index in [1.54, 1.807) is 14.2 Å². The van der Waals surface area contributed by atoms with Gasteiger partial charge in [0, 0.05) is 25.4 Å². The number of aromatic nitrogens is 2. The molecule has 2 aromatic rings.